The number of hydrogen-bond donors (Lipinski definition) is 1. The third-order valence-electron chi connectivity index (χ3n) is 3.54. The van der Waals surface area contributed by atoms with E-state index in [1.807, 2.05) is 13.0 Å². The van der Waals surface area contributed by atoms with Crippen molar-refractivity contribution in [2.75, 3.05) is 0 Å². The summed E-state index contributed by atoms with van der Waals surface area (Å²) in [6, 6.07) is 8.29. The monoisotopic (exact) mass is 268 g/mol. The molecule has 2 rings (SSSR count). The van der Waals surface area contributed by atoms with Gasteiger partial charge < -0.3 is 5.11 Å². The summed E-state index contributed by atoms with van der Waals surface area (Å²) in [4.78, 5) is 0. The van der Waals surface area contributed by atoms with E-state index in [1.165, 1.54) is 5.56 Å². The van der Waals surface area contributed by atoms with Crippen LogP contribution < -0.4 is 0 Å². The zero-order chi connectivity index (χ0) is 10.9. The molecule has 0 aromatic heterocycles. The Morgan fingerprint density at radius 2 is 2.20 bits per heavy atom. The number of halogens is 1. The lowest BCUT2D eigenvalue weighted by Gasteiger charge is -2.25. The molecule has 0 aliphatic heterocycles. The number of benzene rings is 1. The van der Waals surface area contributed by atoms with Crippen molar-refractivity contribution in [3.05, 3.63) is 34.3 Å². The molecule has 1 aliphatic carbocycles. The van der Waals surface area contributed by atoms with Crippen molar-refractivity contribution in [2.24, 2.45) is 5.92 Å². The lowest BCUT2D eigenvalue weighted by atomic mass is 9.87. The van der Waals surface area contributed by atoms with E-state index in [-0.39, 0.29) is 0 Å². The summed E-state index contributed by atoms with van der Waals surface area (Å²) in [5.41, 5.74) is 0.847. The fraction of sp³-hybridized carbons (Fsp3) is 0.538. The molecule has 15 heavy (non-hydrogen) atoms. The van der Waals surface area contributed by atoms with E-state index >= 15 is 0 Å². The van der Waals surface area contributed by atoms with Crippen LogP contribution >= 0.6 is 15.9 Å². The van der Waals surface area contributed by atoms with Crippen LogP contribution in [-0.4, -0.2) is 10.7 Å². The molecule has 0 heterocycles. The molecule has 1 aromatic rings. The third kappa shape index (κ3) is 2.43. The minimum absolute atomic E-state index is 0.413. The van der Waals surface area contributed by atoms with Gasteiger partial charge in [0.05, 0.1) is 5.60 Å². The van der Waals surface area contributed by atoms with Crippen LogP contribution in [0.3, 0.4) is 0 Å². The second-order valence-corrected chi connectivity index (χ2v) is 5.60. The van der Waals surface area contributed by atoms with Gasteiger partial charge in [0, 0.05) is 4.47 Å². The fourth-order valence-electron chi connectivity index (χ4n) is 2.47. The van der Waals surface area contributed by atoms with Crippen LogP contribution in [0.5, 0.6) is 0 Å². The fourth-order valence-corrected chi connectivity index (χ4v) is 2.92. The summed E-state index contributed by atoms with van der Waals surface area (Å²) < 4.78 is 1.16. The average molecular weight is 269 g/mol. The van der Waals surface area contributed by atoms with Gasteiger partial charge in [-0.2, -0.15) is 0 Å². The van der Waals surface area contributed by atoms with Gasteiger partial charge in [-0.1, -0.05) is 40.5 Å². The van der Waals surface area contributed by atoms with Gasteiger partial charge in [-0.25, -0.2) is 0 Å². The Morgan fingerprint density at radius 1 is 1.47 bits per heavy atom. The normalized spacial score (nSPS) is 30.7. The zero-order valence-corrected chi connectivity index (χ0v) is 10.6. The molecule has 1 aromatic carbocycles. The van der Waals surface area contributed by atoms with Crippen molar-refractivity contribution >= 4 is 15.9 Å². The van der Waals surface area contributed by atoms with Gasteiger partial charge in [-0.3, -0.25) is 0 Å². The van der Waals surface area contributed by atoms with E-state index in [4.69, 9.17) is 0 Å². The number of hydrogen-bond acceptors (Lipinski definition) is 1. The van der Waals surface area contributed by atoms with E-state index in [9.17, 15) is 5.11 Å². The molecule has 1 unspecified atom stereocenters. The van der Waals surface area contributed by atoms with Gasteiger partial charge in [0.1, 0.15) is 0 Å². The Morgan fingerprint density at radius 3 is 2.80 bits per heavy atom. The summed E-state index contributed by atoms with van der Waals surface area (Å²) >= 11 is 3.56. The maximum Gasteiger partial charge on any atom is 0.0651 e. The molecule has 1 fully saturated rings. The van der Waals surface area contributed by atoms with Gasteiger partial charge in [0.15, 0.2) is 0 Å². The van der Waals surface area contributed by atoms with Gasteiger partial charge in [-0.05, 0) is 43.7 Å². The van der Waals surface area contributed by atoms with Crippen molar-refractivity contribution in [3.8, 4) is 0 Å². The van der Waals surface area contributed by atoms with Gasteiger partial charge in [0.25, 0.3) is 0 Å². The molecule has 0 spiro atoms. The summed E-state index contributed by atoms with van der Waals surface area (Å²) in [5, 5.41) is 10.2. The maximum absolute atomic E-state index is 10.2. The highest BCUT2D eigenvalue weighted by molar-refractivity contribution is 9.10. The molecular weight excluding hydrogens is 252 g/mol. The lowest BCUT2D eigenvalue weighted by molar-refractivity contribution is 0.0213. The zero-order valence-electron chi connectivity index (χ0n) is 9.04. The van der Waals surface area contributed by atoms with Crippen molar-refractivity contribution in [1.82, 2.24) is 0 Å². The predicted octanol–water partition coefficient (Wildman–Crippen LogP) is 3.54. The topological polar surface area (TPSA) is 20.2 Å². The molecule has 1 N–H and O–H groups in total. The summed E-state index contributed by atoms with van der Waals surface area (Å²) in [6.07, 6.45) is 4.23. The van der Waals surface area contributed by atoms with Gasteiger partial charge in [-0.15, -0.1) is 0 Å². The molecule has 1 saturated carbocycles. The Hall–Kier alpha value is -0.340. The Labute approximate surface area is 99.6 Å². The third-order valence-corrected chi connectivity index (χ3v) is 4.31. The molecule has 1 aliphatic rings. The van der Waals surface area contributed by atoms with E-state index < -0.39 is 5.60 Å². The average Bonchev–Trinajstić information content (AvgIpc) is 2.50. The highest BCUT2D eigenvalue weighted by Crippen LogP contribution is 2.38. The van der Waals surface area contributed by atoms with Crippen LogP contribution in [0, 0.1) is 5.92 Å². The highest BCUT2D eigenvalue weighted by atomic mass is 79.9. The first kappa shape index (κ1) is 11.2. The molecule has 2 atom stereocenters. The number of aliphatic hydroxyl groups is 1. The summed E-state index contributed by atoms with van der Waals surface area (Å²) in [7, 11) is 0. The second-order valence-electron chi connectivity index (χ2n) is 4.74. The van der Waals surface area contributed by atoms with Crippen LogP contribution in [0.4, 0.5) is 0 Å². The second kappa shape index (κ2) is 4.26. The van der Waals surface area contributed by atoms with Crippen LogP contribution in [0.15, 0.2) is 28.7 Å². The van der Waals surface area contributed by atoms with Crippen LogP contribution in [0.25, 0.3) is 0 Å². The SMILES string of the molecule is C[C@@]1(O)CCCC1Cc1ccccc1Br. The van der Waals surface area contributed by atoms with Gasteiger partial charge in [0.2, 0.25) is 0 Å². The van der Waals surface area contributed by atoms with Crippen LogP contribution in [0.1, 0.15) is 31.7 Å². The smallest absolute Gasteiger partial charge is 0.0651 e. The van der Waals surface area contributed by atoms with Crippen LogP contribution in [0.2, 0.25) is 0 Å². The predicted molar refractivity (Wildman–Crippen MR) is 65.8 cm³/mol. The summed E-state index contributed by atoms with van der Waals surface area (Å²) in [6.45, 7) is 1.97. The van der Waals surface area contributed by atoms with E-state index in [0.717, 1.165) is 30.2 Å². The molecule has 2 heteroatoms. The molecule has 0 radical (unpaired) electrons. The van der Waals surface area contributed by atoms with Crippen molar-refractivity contribution in [3.63, 3.8) is 0 Å². The Bertz CT molecular complexity index is 346. The summed E-state index contributed by atoms with van der Waals surface area (Å²) in [5.74, 6) is 0.413. The molecule has 0 saturated heterocycles. The quantitative estimate of drug-likeness (QED) is 0.870. The molecule has 0 bridgehead atoms. The van der Waals surface area contributed by atoms with E-state index in [2.05, 4.69) is 34.1 Å². The van der Waals surface area contributed by atoms with E-state index in [0.29, 0.717) is 5.92 Å². The first-order chi connectivity index (χ1) is 7.09. The Balaban J connectivity index is 2.12. The maximum atomic E-state index is 10.2. The van der Waals surface area contributed by atoms with Crippen LogP contribution in [-0.2, 0) is 6.42 Å². The standard InChI is InChI=1S/C13H17BrO/c1-13(15)8-4-6-11(13)9-10-5-2-3-7-12(10)14/h2-3,5,7,11,15H,4,6,8-9H2,1H3/t11?,13-/m1/s1. The van der Waals surface area contributed by atoms with E-state index in [1.54, 1.807) is 0 Å². The minimum Gasteiger partial charge on any atom is -0.390 e. The van der Waals surface area contributed by atoms with Crippen molar-refractivity contribution in [1.29, 1.82) is 0 Å². The van der Waals surface area contributed by atoms with Gasteiger partial charge >= 0.3 is 0 Å². The first-order valence-corrected chi connectivity index (χ1v) is 6.35. The first-order valence-electron chi connectivity index (χ1n) is 5.55. The molecular formula is C13H17BrO. The minimum atomic E-state index is -0.463. The molecule has 1 nitrogen and oxygen atoms in total. The Kier molecular flexibility index (Phi) is 3.17. The highest BCUT2D eigenvalue weighted by Gasteiger charge is 2.36. The molecule has 0 amide bonds. The molecule has 82 valence electrons. The lowest BCUT2D eigenvalue weighted by Crippen LogP contribution is -2.30. The number of rotatable bonds is 2. The van der Waals surface area contributed by atoms with Crippen molar-refractivity contribution < 1.29 is 5.11 Å². The van der Waals surface area contributed by atoms with Crippen molar-refractivity contribution in [2.45, 2.75) is 38.2 Å². The largest absolute Gasteiger partial charge is 0.390 e.